The van der Waals surface area contributed by atoms with Crippen LogP contribution in [0.15, 0.2) is 5.38 Å². The smallest absolute Gasteiger partial charge is 0.185 e. The topological polar surface area (TPSA) is 42.1 Å². The van der Waals surface area contributed by atoms with E-state index in [1.54, 1.807) is 11.3 Å². The van der Waals surface area contributed by atoms with Gasteiger partial charge in [0.25, 0.3) is 0 Å². The number of nitrogens with two attached hydrogens (primary N) is 1. The molecule has 0 bridgehead atoms. The summed E-state index contributed by atoms with van der Waals surface area (Å²) in [5, 5.41) is 3.36. The number of rotatable bonds is 3. The third-order valence-corrected chi connectivity index (χ3v) is 4.39. The van der Waals surface area contributed by atoms with Crippen molar-refractivity contribution in [3.8, 4) is 0 Å². The van der Waals surface area contributed by atoms with Crippen molar-refractivity contribution >= 4 is 16.5 Å². The molecule has 0 aliphatic carbocycles. The number of hydrogen-bond donors (Lipinski definition) is 1. The zero-order valence-electron chi connectivity index (χ0n) is 10.1. The van der Waals surface area contributed by atoms with E-state index in [1.807, 2.05) is 0 Å². The molecule has 2 atom stereocenters. The molecule has 2 unspecified atom stereocenters. The molecule has 0 aromatic carbocycles. The molecule has 2 heterocycles. The lowest BCUT2D eigenvalue weighted by Gasteiger charge is -2.37. The fraction of sp³-hybridized carbons (Fsp3) is 0.750. The Balaban J connectivity index is 2.11. The summed E-state index contributed by atoms with van der Waals surface area (Å²) in [5.74, 6) is 0.644. The van der Waals surface area contributed by atoms with Gasteiger partial charge in [-0.25, -0.2) is 4.98 Å². The average Bonchev–Trinajstić information content (AvgIpc) is 2.78. The minimum Gasteiger partial charge on any atom is -0.345 e. The standard InChI is InChI=1S/C12H21N3S/c1-3-11-8-16-12(14-11)15-7-10(6-13)5-4-9(15)2/h8-10H,3-7,13H2,1-2H3. The summed E-state index contributed by atoms with van der Waals surface area (Å²) in [4.78, 5) is 7.11. The molecule has 3 nitrogen and oxygen atoms in total. The van der Waals surface area contributed by atoms with Crippen molar-refractivity contribution in [1.82, 2.24) is 4.98 Å². The molecular formula is C12H21N3S. The minimum absolute atomic E-state index is 0.610. The van der Waals surface area contributed by atoms with Crippen LogP contribution in [0.5, 0.6) is 0 Å². The number of aromatic nitrogens is 1. The highest BCUT2D eigenvalue weighted by atomic mass is 32.1. The van der Waals surface area contributed by atoms with Crippen LogP contribution in [0, 0.1) is 5.92 Å². The van der Waals surface area contributed by atoms with Crippen molar-refractivity contribution in [2.75, 3.05) is 18.0 Å². The van der Waals surface area contributed by atoms with Crippen molar-refractivity contribution < 1.29 is 0 Å². The number of anilines is 1. The van der Waals surface area contributed by atoms with E-state index in [9.17, 15) is 0 Å². The van der Waals surface area contributed by atoms with Crippen LogP contribution >= 0.6 is 11.3 Å². The van der Waals surface area contributed by atoms with Gasteiger partial charge in [-0.05, 0) is 38.6 Å². The lowest BCUT2D eigenvalue weighted by atomic mass is 9.94. The molecule has 16 heavy (non-hydrogen) atoms. The number of aryl methyl sites for hydroxylation is 1. The second-order valence-corrected chi connectivity index (χ2v) is 5.49. The molecule has 1 fully saturated rings. The summed E-state index contributed by atoms with van der Waals surface area (Å²) in [6, 6.07) is 0.610. The molecule has 0 spiro atoms. The highest BCUT2D eigenvalue weighted by molar-refractivity contribution is 7.13. The fourth-order valence-corrected chi connectivity index (χ4v) is 3.25. The van der Waals surface area contributed by atoms with Gasteiger partial charge in [0.15, 0.2) is 5.13 Å². The number of hydrogen-bond acceptors (Lipinski definition) is 4. The number of thiazole rings is 1. The lowest BCUT2D eigenvalue weighted by Crippen LogP contribution is -2.43. The second kappa shape index (κ2) is 5.15. The molecule has 2 N–H and O–H groups in total. The second-order valence-electron chi connectivity index (χ2n) is 4.66. The Kier molecular flexibility index (Phi) is 3.82. The normalized spacial score (nSPS) is 26.1. The molecule has 1 saturated heterocycles. The Labute approximate surface area is 102 Å². The van der Waals surface area contributed by atoms with Crippen molar-refractivity contribution in [2.24, 2.45) is 11.7 Å². The molecule has 0 amide bonds. The van der Waals surface area contributed by atoms with Crippen LogP contribution in [0.4, 0.5) is 5.13 Å². The highest BCUT2D eigenvalue weighted by Crippen LogP contribution is 2.29. The van der Waals surface area contributed by atoms with E-state index in [-0.39, 0.29) is 0 Å². The fourth-order valence-electron chi connectivity index (χ4n) is 2.23. The Hall–Kier alpha value is -0.610. The summed E-state index contributed by atoms with van der Waals surface area (Å²) >= 11 is 1.77. The molecular weight excluding hydrogens is 218 g/mol. The third-order valence-electron chi connectivity index (χ3n) is 3.46. The molecule has 1 aromatic rings. The number of nitrogens with zero attached hydrogens (tertiary/aromatic N) is 2. The third kappa shape index (κ3) is 2.38. The van der Waals surface area contributed by atoms with Gasteiger partial charge in [-0.2, -0.15) is 0 Å². The number of piperidine rings is 1. The Morgan fingerprint density at radius 3 is 3.00 bits per heavy atom. The van der Waals surface area contributed by atoms with E-state index in [1.165, 1.54) is 23.7 Å². The van der Waals surface area contributed by atoms with Gasteiger partial charge in [0.2, 0.25) is 0 Å². The first-order valence-corrected chi connectivity index (χ1v) is 7.03. The zero-order chi connectivity index (χ0) is 11.5. The van der Waals surface area contributed by atoms with Crippen LogP contribution < -0.4 is 10.6 Å². The van der Waals surface area contributed by atoms with E-state index in [2.05, 4.69) is 29.1 Å². The van der Waals surface area contributed by atoms with Crippen molar-refractivity contribution in [2.45, 2.75) is 39.2 Å². The molecule has 1 aliphatic rings. The monoisotopic (exact) mass is 239 g/mol. The molecule has 1 aliphatic heterocycles. The Morgan fingerprint density at radius 1 is 1.56 bits per heavy atom. The largest absolute Gasteiger partial charge is 0.345 e. The van der Waals surface area contributed by atoms with Crippen LogP contribution in [0.25, 0.3) is 0 Å². The summed E-state index contributed by atoms with van der Waals surface area (Å²) in [6.07, 6.45) is 3.53. The summed E-state index contributed by atoms with van der Waals surface area (Å²) in [7, 11) is 0. The van der Waals surface area contributed by atoms with Gasteiger partial charge in [-0.15, -0.1) is 11.3 Å². The first-order valence-electron chi connectivity index (χ1n) is 6.15. The van der Waals surface area contributed by atoms with E-state index >= 15 is 0 Å². The van der Waals surface area contributed by atoms with Crippen LogP contribution in [-0.4, -0.2) is 24.1 Å². The van der Waals surface area contributed by atoms with Gasteiger partial charge in [-0.1, -0.05) is 6.92 Å². The van der Waals surface area contributed by atoms with Crippen molar-refractivity contribution in [3.63, 3.8) is 0 Å². The van der Waals surface area contributed by atoms with Gasteiger partial charge in [0, 0.05) is 18.0 Å². The first kappa shape index (κ1) is 11.9. The van der Waals surface area contributed by atoms with Crippen molar-refractivity contribution in [1.29, 1.82) is 0 Å². The van der Waals surface area contributed by atoms with Crippen LogP contribution in [-0.2, 0) is 6.42 Å². The summed E-state index contributed by atoms with van der Waals surface area (Å²) in [6.45, 7) is 6.32. The predicted octanol–water partition coefficient (Wildman–Crippen LogP) is 2.27. The summed E-state index contributed by atoms with van der Waals surface area (Å²) in [5.41, 5.74) is 6.99. The molecule has 1 aromatic heterocycles. The maximum Gasteiger partial charge on any atom is 0.185 e. The maximum atomic E-state index is 5.78. The lowest BCUT2D eigenvalue weighted by molar-refractivity contribution is 0.373. The maximum absolute atomic E-state index is 5.78. The molecule has 0 saturated carbocycles. The summed E-state index contributed by atoms with van der Waals surface area (Å²) < 4.78 is 0. The highest BCUT2D eigenvalue weighted by Gasteiger charge is 2.26. The van der Waals surface area contributed by atoms with E-state index < -0.39 is 0 Å². The van der Waals surface area contributed by atoms with Gasteiger partial charge < -0.3 is 10.6 Å². The van der Waals surface area contributed by atoms with Crippen LogP contribution in [0.2, 0.25) is 0 Å². The van der Waals surface area contributed by atoms with E-state index in [0.717, 1.165) is 19.5 Å². The zero-order valence-corrected chi connectivity index (χ0v) is 11.0. The first-order chi connectivity index (χ1) is 7.74. The SMILES string of the molecule is CCc1csc(N2CC(CN)CCC2C)n1. The van der Waals surface area contributed by atoms with Gasteiger partial charge in [0.05, 0.1) is 5.69 Å². The predicted molar refractivity (Wildman–Crippen MR) is 70.1 cm³/mol. The molecule has 0 radical (unpaired) electrons. The van der Waals surface area contributed by atoms with Gasteiger partial charge >= 0.3 is 0 Å². The Morgan fingerprint density at radius 2 is 2.38 bits per heavy atom. The van der Waals surface area contributed by atoms with Gasteiger partial charge in [-0.3, -0.25) is 0 Å². The van der Waals surface area contributed by atoms with E-state index in [4.69, 9.17) is 5.73 Å². The van der Waals surface area contributed by atoms with Crippen molar-refractivity contribution in [3.05, 3.63) is 11.1 Å². The quantitative estimate of drug-likeness (QED) is 0.880. The van der Waals surface area contributed by atoms with Gasteiger partial charge in [0.1, 0.15) is 0 Å². The van der Waals surface area contributed by atoms with Crippen LogP contribution in [0.3, 0.4) is 0 Å². The van der Waals surface area contributed by atoms with E-state index in [0.29, 0.717) is 12.0 Å². The average molecular weight is 239 g/mol. The van der Waals surface area contributed by atoms with Crippen LogP contribution in [0.1, 0.15) is 32.4 Å². The Bertz CT molecular complexity index is 337. The molecule has 90 valence electrons. The molecule has 4 heteroatoms. The molecule has 2 rings (SSSR count). The minimum atomic E-state index is 0.610.